The molecule has 22 heavy (non-hydrogen) atoms. The van der Waals surface area contributed by atoms with Crippen LogP contribution < -0.4 is 0 Å². The van der Waals surface area contributed by atoms with Crippen LogP contribution in [0.3, 0.4) is 0 Å². The molecule has 1 saturated heterocycles. The van der Waals surface area contributed by atoms with Crippen LogP contribution in [0.4, 0.5) is 0 Å². The summed E-state index contributed by atoms with van der Waals surface area (Å²) < 4.78 is 1.90. The fourth-order valence-electron chi connectivity index (χ4n) is 3.02. The lowest BCUT2D eigenvalue weighted by molar-refractivity contribution is 0.114. The number of hydrogen-bond donors (Lipinski definition) is 1. The average Bonchev–Trinajstić information content (AvgIpc) is 3.17. The van der Waals surface area contributed by atoms with Crippen molar-refractivity contribution in [3.63, 3.8) is 0 Å². The minimum atomic E-state index is -0.164. The van der Waals surface area contributed by atoms with Crippen LogP contribution in [0.1, 0.15) is 50.5 Å². The smallest absolute Gasteiger partial charge is 0.168 e. The van der Waals surface area contributed by atoms with Gasteiger partial charge in [0.05, 0.1) is 24.7 Å². The maximum atomic E-state index is 9.69. The Morgan fingerprint density at radius 1 is 1.36 bits per heavy atom. The summed E-state index contributed by atoms with van der Waals surface area (Å²) in [5.41, 5.74) is -0.164. The molecule has 2 aromatic rings. The molecule has 1 aliphatic heterocycles. The van der Waals surface area contributed by atoms with Gasteiger partial charge in [-0.3, -0.25) is 4.90 Å². The molecule has 2 atom stereocenters. The van der Waals surface area contributed by atoms with Crippen LogP contribution in [0.5, 0.6) is 0 Å². The van der Waals surface area contributed by atoms with Gasteiger partial charge in [-0.05, 0) is 44.0 Å². The summed E-state index contributed by atoms with van der Waals surface area (Å²) in [6, 6.07) is 0.259. The second-order valence-corrected chi connectivity index (χ2v) is 7.63. The zero-order valence-corrected chi connectivity index (χ0v) is 14.0. The highest BCUT2D eigenvalue weighted by atomic mass is 32.1. The molecule has 0 aromatic carbocycles. The van der Waals surface area contributed by atoms with Gasteiger partial charge in [0, 0.05) is 17.6 Å². The fourth-order valence-corrected chi connectivity index (χ4v) is 3.64. The van der Waals surface area contributed by atoms with Crippen LogP contribution in [0.2, 0.25) is 0 Å². The summed E-state index contributed by atoms with van der Waals surface area (Å²) in [5.74, 6) is 0.875. The topological polar surface area (TPSA) is 80.0 Å². The molecule has 0 bridgehead atoms. The first kappa shape index (κ1) is 15.5. The third-order valence-corrected chi connectivity index (χ3v) is 4.85. The van der Waals surface area contributed by atoms with Crippen molar-refractivity contribution in [2.24, 2.45) is 0 Å². The summed E-state index contributed by atoms with van der Waals surface area (Å²) in [6.07, 6.45) is 3.72. The fraction of sp³-hybridized carbons (Fsp3) is 0.714. The first-order valence-corrected chi connectivity index (χ1v) is 8.42. The van der Waals surface area contributed by atoms with Crippen molar-refractivity contribution >= 4 is 11.3 Å². The quantitative estimate of drug-likeness (QED) is 0.920. The van der Waals surface area contributed by atoms with E-state index in [9.17, 15) is 5.11 Å². The Morgan fingerprint density at radius 2 is 2.18 bits per heavy atom. The number of aliphatic hydroxyl groups is 1. The highest BCUT2D eigenvalue weighted by Gasteiger charge is 2.38. The van der Waals surface area contributed by atoms with E-state index in [1.54, 1.807) is 11.3 Å². The largest absolute Gasteiger partial charge is 0.395 e. The first-order valence-electron chi connectivity index (χ1n) is 7.54. The van der Waals surface area contributed by atoms with Gasteiger partial charge < -0.3 is 5.11 Å². The van der Waals surface area contributed by atoms with Crippen LogP contribution >= 0.6 is 11.3 Å². The average molecular weight is 322 g/mol. The monoisotopic (exact) mass is 322 g/mol. The van der Waals surface area contributed by atoms with Gasteiger partial charge in [0.15, 0.2) is 5.82 Å². The summed E-state index contributed by atoms with van der Waals surface area (Å²) in [4.78, 5) is 6.66. The molecule has 120 valence electrons. The van der Waals surface area contributed by atoms with Crippen molar-refractivity contribution in [2.75, 3.05) is 6.61 Å². The SMILES string of the molecule is CC(C)(C)n1nnnc1[C@@H]1CC[C@@H](CO)N1Cc1nccs1. The maximum absolute atomic E-state index is 9.69. The molecule has 1 fully saturated rings. The molecule has 0 unspecified atom stereocenters. The van der Waals surface area contributed by atoms with E-state index in [1.807, 2.05) is 16.3 Å². The number of likely N-dealkylation sites (tertiary alicyclic amines) is 1. The second kappa shape index (κ2) is 6.02. The molecule has 0 radical (unpaired) electrons. The van der Waals surface area contributed by atoms with Crippen LogP contribution in [-0.4, -0.2) is 47.8 Å². The Kier molecular flexibility index (Phi) is 4.24. The predicted molar refractivity (Wildman–Crippen MR) is 83.3 cm³/mol. The lowest BCUT2D eigenvalue weighted by Crippen LogP contribution is -2.36. The second-order valence-electron chi connectivity index (χ2n) is 6.65. The molecular weight excluding hydrogens is 300 g/mol. The van der Waals surface area contributed by atoms with E-state index in [0.29, 0.717) is 0 Å². The standard InChI is InChI=1S/C14H22N6OS/c1-14(2,3)20-13(16-17-18-20)11-5-4-10(9-21)19(11)8-12-15-6-7-22-12/h6-7,10-11,21H,4-5,8-9H2,1-3H3/t10-,11-/m0/s1. The van der Waals surface area contributed by atoms with Gasteiger partial charge in [-0.25, -0.2) is 9.67 Å². The van der Waals surface area contributed by atoms with E-state index in [0.717, 1.165) is 30.2 Å². The molecule has 1 N–H and O–H groups in total. The third kappa shape index (κ3) is 2.90. The van der Waals surface area contributed by atoms with Crippen LogP contribution in [0.25, 0.3) is 0 Å². The lowest BCUT2D eigenvalue weighted by Gasteiger charge is -2.29. The van der Waals surface area contributed by atoms with Gasteiger partial charge in [0.2, 0.25) is 0 Å². The first-order chi connectivity index (χ1) is 10.5. The summed E-state index contributed by atoms with van der Waals surface area (Å²) in [6.45, 7) is 7.16. The molecule has 0 aliphatic carbocycles. The van der Waals surface area contributed by atoms with Gasteiger partial charge in [-0.1, -0.05) is 0 Å². The van der Waals surface area contributed by atoms with Crippen LogP contribution in [-0.2, 0) is 12.1 Å². The van der Waals surface area contributed by atoms with Gasteiger partial charge >= 0.3 is 0 Å². The van der Waals surface area contributed by atoms with Crippen molar-refractivity contribution in [1.29, 1.82) is 0 Å². The van der Waals surface area contributed by atoms with Gasteiger partial charge in [0.25, 0.3) is 0 Å². The summed E-state index contributed by atoms with van der Waals surface area (Å²) in [7, 11) is 0. The Bertz CT molecular complexity index is 605. The number of aromatic nitrogens is 5. The Balaban J connectivity index is 1.90. The third-order valence-electron chi connectivity index (χ3n) is 4.08. The van der Waals surface area contributed by atoms with E-state index in [2.05, 4.69) is 46.2 Å². The predicted octanol–water partition coefficient (Wildman–Crippen LogP) is 1.58. The molecular formula is C14H22N6OS. The van der Waals surface area contributed by atoms with E-state index in [1.165, 1.54) is 0 Å². The molecule has 1 aliphatic rings. The molecule has 8 heteroatoms. The molecule has 3 heterocycles. The van der Waals surface area contributed by atoms with E-state index in [-0.39, 0.29) is 24.2 Å². The van der Waals surface area contributed by atoms with E-state index in [4.69, 9.17) is 0 Å². The summed E-state index contributed by atoms with van der Waals surface area (Å²) >= 11 is 1.64. The van der Waals surface area contributed by atoms with Crippen molar-refractivity contribution in [3.8, 4) is 0 Å². The molecule has 0 saturated carbocycles. The highest BCUT2D eigenvalue weighted by molar-refractivity contribution is 7.09. The van der Waals surface area contributed by atoms with Crippen LogP contribution in [0, 0.1) is 0 Å². The minimum absolute atomic E-state index is 0.121. The highest BCUT2D eigenvalue weighted by Crippen LogP contribution is 2.37. The van der Waals surface area contributed by atoms with Crippen molar-refractivity contribution in [1.82, 2.24) is 30.1 Å². The normalized spacial score (nSPS) is 23.3. The Labute approximate surface area is 134 Å². The maximum Gasteiger partial charge on any atom is 0.168 e. The minimum Gasteiger partial charge on any atom is -0.395 e. The van der Waals surface area contributed by atoms with Crippen molar-refractivity contribution < 1.29 is 5.11 Å². The van der Waals surface area contributed by atoms with Gasteiger partial charge in [-0.15, -0.1) is 16.4 Å². The Morgan fingerprint density at radius 3 is 2.82 bits per heavy atom. The number of thiazole rings is 1. The van der Waals surface area contributed by atoms with Gasteiger partial charge in [0.1, 0.15) is 5.01 Å². The van der Waals surface area contributed by atoms with E-state index < -0.39 is 0 Å². The molecule has 7 nitrogen and oxygen atoms in total. The Hall–Kier alpha value is -1.38. The van der Waals surface area contributed by atoms with Gasteiger partial charge in [-0.2, -0.15) is 0 Å². The zero-order chi connectivity index (χ0) is 15.7. The zero-order valence-electron chi connectivity index (χ0n) is 13.2. The number of rotatable bonds is 4. The molecule has 0 spiro atoms. The summed E-state index contributed by atoms with van der Waals surface area (Å²) in [5, 5.41) is 25.0. The molecule has 0 amide bonds. The number of tetrazole rings is 1. The number of hydrogen-bond acceptors (Lipinski definition) is 7. The molecule has 2 aromatic heterocycles. The van der Waals surface area contributed by atoms with Crippen molar-refractivity contribution in [3.05, 3.63) is 22.4 Å². The van der Waals surface area contributed by atoms with Crippen molar-refractivity contribution in [2.45, 2.75) is 57.8 Å². The lowest BCUT2D eigenvalue weighted by atomic mass is 10.1. The van der Waals surface area contributed by atoms with E-state index >= 15 is 0 Å². The number of nitrogens with zero attached hydrogens (tertiary/aromatic N) is 6. The molecule has 3 rings (SSSR count). The van der Waals surface area contributed by atoms with Crippen LogP contribution in [0.15, 0.2) is 11.6 Å². The number of aliphatic hydroxyl groups excluding tert-OH is 1.